The average Bonchev–Trinajstić information content (AvgIpc) is 2.65. The highest BCUT2D eigenvalue weighted by molar-refractivity contribution is 5.79. The Morgan fingerprint density at radius 1 is 0.677 bits per heavy atom. The molecule has 2 unspecified atom stereocenters. The molecule has 0 spiro atoms. The summed E-state index contributed by atoms with van der Waals surface area (Å²) in [6.45, 7) is 19.4. The highest BCUT2D eigenvalue weighted by Crippen LogP contribution is 2.21. The molecule has 0 aromatic rings. The maximum atomic E-state index is 12.3. The van der Waals surface area contributed by atoms with Crippen LogP contribution in [0.25, 0.3) is 0 Å². The third-order valence-electron chi connectivity index (χ3n) is 4.51. The Bertz CT molecular complexity index is 528. The molecule has 0 radical (unpaired) electrons. The molecule has 8 heteroatoms. The SMILES string of the molecule is CC(C)OCCOC(=O)C(C)(C)OCC(C)C(C)OC(C)(C)C(=O)OCCOC(C)C. The summed E-state index contributed by atoms with van der Waals surface area (Å²) in [6, 6.07) is 0. The molecule has 31 heavy (non-hydrogen) atoms. The second kappa shape index (κ2) is 14.0. The number of hydrogen-bond donors (Lipinski definition) is 0. The summed E-state index contributed by atoms with van der Waals surface area (Å²) in [5.74, 6) is -0.979. The van der Waals surface area contributed by atoms with Crippen LogP contribution in [0.15, 0.2) is 0 Å². The van der Waals surface area contributed by atoms with Gasteiger partial charge in [0, 0.05) is 5.92 Å². The Labute approximate surface area is 188 Å². The third-order valence-corrected chi connectivity index (χ3v) is 4.51. The van der Waals surface area contributed by atoms with Crippen LogP contribution >= 0.6 is 0 Å². The van der Waals surface area contributed by atoms with E-state index in [9.17, 15) is 9.59 Å². The minimum Gasteiger partial charge on any atom is -0.461 e. The van der Waals surface area contributed by atoms with Crippen molar-refractivity contribution in [2.45, 2.75) is 98.8 Å². The third kappa shape index (κ3) is 13.0. The van der Waals surface area contributed by atoms with Crippen LogP contribution in [0.5, 0.6) is 0 Å². The van der Waals surface area contributed by atoms with Gasteiger partial charge in [0.1, 0.15) is 13.2 Å². The van der Waals surface area contributed by atoms with Gasteiger partial charge >= 0.3 is 11.9 Å². The van der Waals surface area contributed by atoms with Crippen molar-refractivity contribution in [2.24, 2.45) is 5.92 Å². The monoisotopic (exact) mass is 448 g/mol. The van der Waals surface area contributed by atoms with Crippen molar-refractivity contribution >= 4 is 11.9 Å². The molecule has 0 heterocycles. The van der Waals surface area contributed by atoms with Crippen LogP contribution < -0.4 is 0 Å². The molecule has 2 atom stereocenters. The molecule has 0 aliphatic rings. The van der Waals surface area contributed by atoms with Crippen molar-refractivity contribution in [1.82, 2.24) is 0 Å². The lowest BCUT2D eigenvalue weighted by molar-refractivity contribution is -0.184. The first-order chi connectivity index (χ1) is 14.2. The zero-order valence-corrected chi connectivity index (χ0v) is 21.1. The first-order valence-electron chi connectivity index (χ1n) is 11.1. The van der Waals surface area contributed by atoms with Crippen molar-refractivity contribution < 1.29 is 38.0 Å². The minimum absolute atomic E-state index is 0.0762. The quantitative estimate of drug-likeness (QED) is 0.262. The molecule has 0 saturated heterocycles. The van der Waals surface area contributed by atoms with Crippen molar-refractivity contribution in [1.29, 1.82) is 0 Å². The normalized spacial score (nSPS) is 14.6. The van der Waals surface area contributed by atoms with Crippen LogP contribution in [0.2, 0.25) is 0 Å². The molecule has 0 aliphatic heterocycles. The molecule has 0 aliphatic carbocycles. The Balaban J connectivity index is 4.45. The molecular formula is C23H44O8. The maximum Gasteiger partial charge on any atom is 0.337 e. The topological polar surface area (TPSA) is 89.5 Å². The van der Waals surface area contributed by atoms with Gasteiger partial charge in [-0.15, -0.1) is 0 Å². The molecule has 0 saturated carbocycles. The molecular weight excluding hydrogens is 404 g/mol. The Morgan fingerprint density at radius 2 is 1.10 bits per heavy atom. The fourth-order valence-corrected chi connectivity index (χ4v) is 2.35. The number of ether oxygens (including phenoxy) is 6. The van der Waals surface area contributed by atoms with Gasteiger partial charge in [-0.1, -0.05) is 6.92 Å². The van der Waals surface area contributed by atoms with Crippen LogP contribution in [0.1, 0.15) is 69.2 Å². The van der Waals surface area contributed by atoms with Crippen molar-refractivity contribution in [2.75, 3.05) is 33.0 Å². The van der Waals surface area contributed by atoms with Crippen molar-refractivity contribution in [3.8, 4) is 0 Å². The molecule has 0 aromatic heterocycles. The van der Waals surface area contributed by atoms with Crippen LogP contribution in [-0.4, -0.2) is 74.5 Å². The Hall–Kier alpha value is -1.22. The molecule has 0 fully saturated rings. The van der Waals surface area contributed by atoms with Crippen molar-refractivity contribution in [3.05, 3.63) is 0 Å². The Morgan fingerprint density at radius 3 is 1.52 bits per heavy atom. The minimum atomic E-state index is -1.11. The molecule has 0 aromatic carbocycles. The average molecular weight is 449 g/mol. The lowest BCUT2D eigenvalue weighted by atomic mass is 10.0. The lowest BCUT2D eigenvalue weighted by Gasteiger charge is -2.32. The van der Waals surface area contributed by atoms with E-state index in [1.165, 1.54) is 0 Å². The van der Waals surface area contributed by atoms with Gasteiger partial charge in [-0.05, 0) is 62.3 Å². The summed E-state index contributed by atoms with van der Waals surface area (Å²) >= 11 is 0. The van der Waals surface area contributed by atoms with Gasteiger partial charge in [0.2, 0.25) is 0 Å². The van der Waals surface area contributed by atoms with E-state index in [2.05, 4.69) is 0 Å². The summed E-state index contributed by atoms with van der Waals surface area (Å²) in [5, 5.41) is 0. The summed E-state index contributed by atoms with van der Waals surface area (Å²) < 4.78 is 33.0. The zero-order valence-electron chi connectivity index (χ0n) is 21.1. The number of hydrogen-bond acceptors (Lipinski definition) is 8. The van der Waals surface area contributed by atoms with E-state index in [1.54, 1.807) is 27.7 Å². The van der Waals surface area contributed by atoms with E-state index >= 15 is 0 Å². The fraction of sp³-hybridized carbons (Fsp3) is 0.913. The highest BCUT2D eigenvalue weighted by atomic mass is 16.6. The van der Waals surface area contributed by atoms with Crippen LogP contribution in [-0.2, 0) is 38.0 Å². The summed E-state index contributed by atoms with van der Waals surface area (Å²) in [6.07, 6.45) is -0.139. The second-order valence-corrected chi connectivity index (χ2v) is 9.24. The van der Waals surface area contributed by atoms with E-state index in [1.807, 2.05) is 41.5 Å². The number of esters is 2. The Kier molecular flexibility index (Phi) is 13.5. The van der Waals surface area contributed by atoms with E-state index in [-0.39, 0.29) is 44.1 Å². The van der Waals surface area contributed by atoms with Crippen LogP contribution in [0.4, 0.5) is 0 Å². The van der Waals surface area contributed by atoms with Gasteiger partial charge in [0.15, 0.2) is 11.2 Å². The zero-order chi connectivity index (χ0) is 24.2. The lowest BCUT2D eigenvalue weighted by Crippen LogP contribution is -2.43. The van der Waals surface area contributed by atoms with E-state index in [4.69, 9.17) is 28.4 Å². The standard InChI is InChI=1S/C23H44O8/c1-16(2)26-11-13-28-20(24)22(7,8)30-15-18(5)19(6)31-23(9,10)21(25)29-14-12-27-17(3)4/h16-19H,11-15H2,1-10H3. The fourth-order valence-electron chi connectivity index (χ4n) is 2.35. The van der Waals surface area contributed by atoms with Crippen LogP contribution in [0, 0.1) is 5.92 Å². The number of rotatable bonds is 16. The van der Waals surface area contributed by atoms with E-state index < -0.39 is 23.1 Å². The second-order valence-electron chi connectivity index (χ2n) is 9.24. The molecule has 0 amide bonds. The molecule has 0 N–H and O–H groups in total. The summed E-state index contributed by atoms with van der Waals surface area (Å²) in [4.78, 5) is 24.6. The van der Waals surface area contributed by atoms with Gasteiger partial charge in [-0.3, -0.25) is 0 Å². The molecule has 184 valence electrons. The predicted octanol–water partition coefficient (Wildman–Crippen LogP) is 3.54. The molecule has 0 bridgehead atoms. The number of carbonyl (C=O) groups is 2. The highest BCUT2D eigenvalue weighted by Gasteiger charge is 2.35. The van der Waals surface area contributed by atoms with Gasteiger partial charge < -0.3 is 28.4 Å². The number of carbonyl (C=O) groups excluding carboxylic acids is 2. The largest absolute Gasteiger partial charge is 0.461 e. The van der Waals surface area contributed by atoms with Gasteiger partial charge in [0.05, 0.1) is 38.1 Å². The van der Waals surface area contributed by atoms with Gasteiger partial charge in [0.25, 0.3) is 0 Å². The van der Waals surface area contributed by atoms with Gasteiger partial charge in [-0.2, -0.15) is 0 Å². The summed E-state index contributed by atoms with van der Waals surface area (Å²) in [7, 11) is 0. The maximum absolute atomic E-state index is 12.3. The smallest absolute Gasteiger partial charge is 0.337 e. The van der Waals surface area contributed by atoms with Crippen LogP contribution in [0.3, 0.4) is 0 Å². The van der Waals surface area contributed by atoms with E-state index in [0.29, 0.717) is 13.2 Å². The summed E-state index contributed by atoms with van der Waals surface area (Å²) in [5.41, 5.74) is -2.22. The molecule has 0 rings (SSSR count). The molecule has 8 nitrogen and oxygen atoms in total. The first-order valence-corrected chi connectivity index (χ1v) is 11.1. The van der Waals surface area contributed by atoms with Gasteiger partial charge in [-0.25, -0.2) is 9.59 Å². The van der Waals surface area contributed by atoms with Crippen molar-refractivity contribution in [3.63, 3.8) is 0 Å². The first kappa shape index (κ1) is 29.8. The predicted molar refractivity (Wildman–Crippen MR) is 118 cm³/mol. The van der Waals surface area contributed by atoms with E-state index in [0.717, 1.165) is 0 Å².